The van der Waals surface area contributed by atoms with Crippen LogP contribution in [0.1, 0.15) is 23.8 Å². The van der Waals surface area contributed by atoms with Crippen LogP contribution in [-0.4, -0.2) is 41.7 Å². The van der Waals surface area contributed by atoms with Crippen LogP contribution in [0.3, 0.4) is 0 Å². The van der Waals surface area contributed by atoms with Gasteiger partial charge in [0, 0.05) is 34.2 Å². The zero-order valence-electron chi connectivity index (χ0n) is 11.3. The Morgan fingerprint density at radius 1 is 1.56 bits per heavy atom. The molecular weight excluding hydrogens is 262 g/mol. The van der Waals surface area contributed by atoms with Crippen LogP contribution in [0.5, 0.6) is 0 Å². The fourth-order valence-electron chi connectivity index (χ4n) is 1.79. The first-order chi connectivity index (χ1) is 8.71. The molecule has 0 saturated carbocycles. The Hall–Kier alpha value is -0.470. The van der Waals surface area contributed by atoms with Gasteiger partial charge < -0.3 is 5.11 Å². The van der Waals surface area contributed by atoms with Crippen molar-refractivity contribution < 1.29 is 5.11 Å². The lowest BCUT2D eigenvalue weighted by Crippen LogP contribution is -2.32. The van der Waals surface area contributed by atoms with Gasteiger partial charge in [0.15, 0.2) is 0 Å². The molecule has 1 aromatic rings. The first kappa shape index (κ1) is 15.6. The van der Waals surface area contributed by atoms with Crippen molar-refractivity contribution >= 4 is 23.1 Å². The van der Waals surface area contributed by atoms with Gasteiger partial charge in [0.2, 0.25) is 0 Å². The topological polar surface area (TPSA) is 23.5 Å². The minimum atomic E-state index is -0.0727. The van der Waals surface area contributed by atoms with Crippen LogP contribution < -0.4 is 0 Å². The standard InChI is InChI=1S/C14H21NOS2/c1-4-13(11-17-3)15(2)9-14-8-12(10-18-14)6-5-7-16/h8,10,13,16H,4,7,9,11H2,1-3H3. The molecule has 0 aliphatic rings. The molecule has 1 atom stereocenters. The summed E-state index contributed by atoms with van der Waals surface area (Å²) in [6.45, 7) is 3.14. The normalized spacial score (nSPS) is 12.3. The Kier molecular flexibility index (Phi) is 7.45. The molecule has 1 aromatic heterocycles. The lowest BCUT2D eigenvalue weighted by molar-refractivity contribution is 0.250. The van der Waals surface area contributed by atoms with Gasteiger partial charge in [-0.05, 0) is 25.8 Å². The number of hydrogen-bond acceptors (Lipinski definition) is 4. The second-order valence-electron chi connectivity index (χ2n) is 4.19. The van der Waals surface area contributed by atoms with Crippen LogP contribution in [0.4, 0.5) is 0 Å². The molecular formula is C14H21NOS2. The van der Waals surface area contributed by atoms with Crippen LogP contribution in [-0.2, 0) is 6.54 Å². The monoisotopic (exact) mass is 283 g/mol. The zero-order chi connectivity index (χ0) is 13.4. The average molecular weight is 283 g/mol. The first-order valence-corrected chi connectivity index (χ1v) is 8.34. The van der Waals surface area contributed by atoms with E-state index in [-0.39, 0.29) is 6.61 Å². The Labute approximate surface area is 118 Å². The highest BCUT2D eigenvalue weighted by Gasteiger charge is 2.13. The number of thiophene rings is 1. The molecule has 4 heteroatoms. The van der Waals surface area contributed by atoms with Crippen molar-refractivity contribution in [3.63, 3.8) is 0 Å². The smallest absolute Gasteiger partial charge is 0.104 e. The fraction of sp³-hybridized carbons (Fsp3) is 0.571. The Morgan fingerprint density at radius 3 is 2.94 bits per heavy atom. The third-order valence-electron chi connectivity index (χ3n) is 2.82. The van der Waals surface area contributed by atoms with E-state index in [1.807, 2.05) is 11.8 Å². The van der Waals surface area contributed by atoms with Crippen molar-refractivity contribution in [2.75, 3.05) is 25.7 Å². The predicted molar refractivity (Wildman–Crippen MR) is 82.2 cm³/mol. The van der Waals surface area contributed by atoms with Crippen molar-refractivity contribution in [1.82, 2.24) is 4.90 Å². The van der Waals surface area contributed by atoms with Crippen LogP contribution >= 0.6 is 23.1 Å². The van der Waals surface area contributed by atoms with Crippen LogP contribution in [0, 0.1) is 11.8 Å². The van der Waals surface area contributed by atoms with E-state index in [4.69, 9.17) is 5.11 Å². The molecule has 1 unspecified atom stereocenters. The van der Waals surface area contributed by atoms with Gasteiger partial charge in [-0.2, -0.15) is 11.8 Å². The van der Waals surface area contributed by atoms with Gasteiger partial charge in [0.1, 0.15) is 6.61 Å². The summed E-state index contributed by atoms with van der Waals surface area (Å²) >= 11 is 3.64. The maximum Gasteiger partial charge on any atom is 0.104 e. The van der Waals surface area contributed by atoms with E-state index in [1.165, 1.54) is 17.1 Å². The van der Waals surface area contributed by atoms with Gasteiger partial charge in [0.05, 0.1) is 0 Å². The van der Waals surface area contributed by atoms with E-state index in [1.54, 1.807) is 11.3 Å². The van der Waals surface area contributed by atoms with E-state index < -0.39 is 0 Å². The van der Waals surface area contributed by atoms with Gasteiger partial charge in [-0.1, -0.05) is 18.8 Å². The SMILES string of the molecule is CCC(CSC)N(C)Cc1cc(C#CCO)cs1. The Balaban J connectivity index is 2.58. The summed E-state index contributed by atoms with van der Waals surface area (Å²) in [4.78, 5) is 3.74. The number of nitrogens with zero attached hydrogens (tertiary/aromatic N) is 1. The number of thioether (sulfide) groups is 1. The largest absolute Gasteiger partial charge is 0.384 e. The van der Waals surface area contributed by atoms with Crippen LogP contribution in [0.2, 0.25) is 0 Å². The molecule has 0 aliphatic carbocycles. The van der Waals surface area contributed by atoms with Crippen molar-refractivity contribution in [1.29, 1.82) is 0 Å². The summed E-state index contributed by atoms with van der Waals surface area (Å²) in [5.74, 6) is 6.80. The highest BCUT2D eigenvalue weighted by Crippen LogP contribution is 2.18. The summed E-state index contributed by atoms with van der Waals surface area (Å²) in [6, 6.07) is 2.75. The number of aliphatic hydroxyl groups is 1. The molecule has 0 bridgehead atoms. The predicted octanol–water partition coefficient (Wildman–Crippen LogP) is 2.67. The van der Waals surface area contributed by atoms with Crippen molar-refractivity contribution in [3.8, 4) is 11.8 Å². The fourth-order valence-corrected chi connectivity index (χ4v) is 3.55. The molecule has 18 heavy (non-hydrogen) atoms. The quantitative estimate of drug-likeness (QED) is 0.812. The lowest BCUT2D eigenvalue weighted by Gasteiger charge is -2.25. The molecule has 0 aliphatic heterocycles. The molecule has 1 rings (SSSR count). The number of hydrogen-bond donors (Lipinski definition) is 1. The van der Waals surface area contributed by atoms with Crippen LogP contribution in [0.15, 0.2) is 11.4 Å². The second kappa shape index (κ2) is 8.60. The van der Waals surface area contributed by atoms with Crippen molar-refractivity contribution in [3.05, 3.63) is 21.9 Å². The number of aliphatic hydroxyl groups excluding tert-OH is 1. The first-order valence-electron chi connectivity index (χ1n) is 6.07. The van der Waals surface area contributed by atoms with E-state index in [0.717, 1.165) is 12.1 Å². The van der Waals surface area contributed by atoms with Gasteiger partial charge >= 0.3 is 0 Å². The van der Waals surface area contributed by atoms with E-state index in [9.17, 15) is 0 Å². The Bertz CT molecular complexity index is 405. The summed E-state index contributed by atoms with van der Waals surface area (Å²) in [7, 11) is 2.18. The van der Waals surface area contributed by atoms with Gasteiger partial charge in [-0.3, -0.25) is 4.90 Å². The number of rotatable bonds is 6. The molecule has 0 amide bonds. The van der Waals surface area contributed by atoms with Crippen molar-refractivity contribution in [2.24, 2.45) is 0 Å². The molecule has 0 spiro atoms. The summed E-state index contributed by atoms with van der Waals surface area (Å²) in [5.41, 5.74) is 1.01. The summed E-state index contributed by atoms with van der Waals surface area (Å²) in [6.07, 6.45) is 3.34. The van der Waals surface area contributed by atoms with E-state index in [2.05, 4.69) is 48.4 Å². The van der Waals surface area contributed by atoms with Gasteiger partial charge in [-0.15, -0.1) is 11.3 Å². The van der Waals surface area contributed by atoms with E-state index in [0.29, 0.717) is 6.04 Å². The minimum Gasteiger partial charge on any atom is -0.384 e. The molecule has 1 N–H and O–H groups in total. The average Bonchev–Trinajstić information content (AvgIpc) is 2.80. The highest BCUT2D eigenvalue weighted by atomic mass is 32.2. The summed E-state index contributed by atoms with van der Waals surface area (Å²) in [5, 5.41) is 10.7. The molecule has 0 saturated heterocycles. The molecule has 1 heterocycles. The van der Waals surface area contributed by atoms with Crippen molar-refractivity contribution in [2.45, 2.75) is 25.9 Å². The molecule has 100 valence electrons. The maximum absolute atomic E-state index is 8.66. The maximum atomic E-state index is 8.66. The van der Waals surface area contributed by atoms with Crippen LogP contribution in [0.25, 0.3) is 0 Å². The molecule has 0 aromatic carbocycles. The summed E-state index contributed by atoms with van der Waals surface area (Å²) < 4.78 is 0. The third-order valence-corrected chi connectivity index (χ3v) is 4.46. The molecule has 2 nitrogen and oxygen atoms in total. The van der Waals surface area contributed by atoms with E-state index >= 15 is 0 Å². The zero-order valence-corrected chi connectivity index (χ0v) is 12.9. The molecule has 0 radical (unpaired) electrons. The Morgan fingerprint density at radius 2 is 2.33 bits per heavy atom. The molecule has 0 fully saturated rings. The highest BCUT2D eigenvalue weighted by molar-refractivity contribution is 7.98. The van der Waals surface area contributed by atoms with Gasteiger partial charge in [0.25, 0.3) is 0 Å². The van der Waals surface area contributed by atoms with Gasteiger partial charge in [-0.25, -0.2) is 0 Å². The third kappa shape index (κ3) is 5.03. The second-order valence-corrected chi connectivity index (χ2v) is 6.10. The lowest BCUT2D eigenvalue weighted by atomic mass is 10.2. The minimum absolute atomic E-state index is 0.0727.